The molecule has 2 fully saturated rings. The van der Waals surface area contributed by atoms with Gasteiger partial charge in [0.2, 0.25) is 5.91 Å². The minimum absolute atomic E-state index is 0.287. The highest BCUT2D eigenvalue weighted by molar-refractivity contribution is 5.76. The molecule has 2 aliphatic rings. The summed E-state index contributed by atoms with van der Waals surface area (Å²) in [4.78, 5) is 15.4. The summed E-state index contributed by atoms with van der Waals surface area (Å²) in [6, 6.07) is 2.99. The van der Waals surface area contributed by atoms with E-state index < -0.39 is 0 Å². The van der Waals surface area contributed by atoms with E-state index in [1.54, 1.807) is 0 Å². The van der Waals surface area contributed by atoms with Gasteiger partial charge in [0.05, 0.1) is 5.69 Å². The maximum Gasteiger partial charge on any atom is 0.244 e. The molecule has 1 aromatic heterocycles. The molecular weight excluding hydrogens is 286 g/mol. The zero-order valence-electron chi connectivity index (χ0n) is 14.8. The Balaban J connectivity index is 1.75. The van der Waals surface area contributed by atoms with Crippen molar-refractivity contribution in [2.45, 2.75) is 96.7 Å². The van der Waals surface area contributed by atoms with Crippen LogP contribution in [0.4, 0.5) is 0 Å². The predicted molar refractivity (Wildman–Crippen MR) is 92.3 cm³/mol. The summed E-state index contributed by atoms with van der Waals surface area (Å²) >= 11 is 0. The topological polar surface area (TPSA) is 38.1 Å². The van der Waals surface area contributed by atoms with Crippen LogP contribution in [-0.2, 0) is 11.3 Å². The molecule has 1 aromatic rings. The summed E-state index contributed by atoms with van der Waals surface area (Å²) in [5.41, 5.74) is 2.08. The van der Waals surface area contributed by atoms with E-state index in [0.717, 1.165) is 11.4 Å². The van der Waals surface area contributed by atoms with Gasteiger partial charge in [-0.3, -0.25) is 9.48 Å². The lowest BCUT2D eigenvalue weighted by molar-refractivity contribution is -0.138. The molecular formula is C19H31N3O. The molecule has 4 nitrogen and oxygen atoms in total. The molecule has 23 heavy (non-hydrogen) atoms. The quantitative estimate of drug-likeness (QED) is 0.842. The van der Waals surface area contributed by atoms with Crippen molar-refractivity contribution in [3.63, 3.8) is 0 Å². The van der Waals surface area contributed by atoms with E-state index in [9.17, 15) is 4.79 Å². The number of aryl methyl sites for hydroxylation is 2. The summed E-state index contributed by atoms with van der Waals surface area (Å²) in [7, 11) is 0. The number of aromatic nitrogens is 2. The molecule has 0 atom stereocenters. The SMILES string of the molecule is Cc1cc(C)n(CC(=O)N(C2CCCCC2)C2CCCCC2)n1. The largest absolute Gasteiger partial charge is 0.335 e. The summed E-state index contributed by atoms with van der Waals surface area (Å²) < 4.78 is 1.89. The molecule has 2 saturated carbocycles. The number of amides is 1. The zero-order chi connectivity index (χ0) is 16.2. The van der Waals surface area contributed by atoms with E-state index in [1.807, 2.05) is 18.5 Å². The van der Waals surface area contributed by atoms with Crippen LogP contribution in [0.3, 0.4) is 0 Å². The third-order valence-corrected chi connectivity index (χ3v) is 5.61. The van der Waals surface area contributed by atoms with Gasteiger partial charge < -0.3 is 4.90 Å². The number of rotatable bonds is 4. The molecule has 0 unspecified atom stereocenters. The maximum absolute atomic E-state index is 13.1. The van der Waals surface area contributed by atoms with Gasteiger partial charge in [-0.2, -0.15) is 5.10 Å². The third-order valence-electron chi connectivity index (χ3n) is 5.61. The van der Waals surface area contributed by atoms with Gasteiger partial charge >= 0.3 is 0 Å². The lowest BCUT2D eigenvalue weighted by atomic mass is 9.88. The second-order valence-corrected chi connectivity index (χ2v) is 7.47. The van der Waals surface area contributed by atoms with E-state index in [4.69, 9.17) is 0 Å². The molecule has 4 heteroatoms. The highest BCUT2D eigenvalue weighted by atomic mass is 16.2. The lowest BCUT2D eigenvalue weighted by Gasteiger charge is -2.41. The first-order chi connectivity index (χ1) is 11.1. The van der Waals surface area contributed by atoms with E-state index in [1.165, 1.54) is 64.2 Å². The van der Waals surface area contributed by atoms with Crippen LogP contribution in [0.5, 0.6) is 0 Å². The first kappa shape index (κ1) is 16.5. The van der Waals surface area contributed by atoms with Crippen molar-refractivity contribution in [2.24, 2.45) is 0 Å². The number of carbonyl (C=O) groups excluding carboxylic acids is 1. The number of hydrogen-bond acceptors (Lipinski definition) is 2. The van der Waals surface area contributed by atoms with Crippen molar-refractivity contribution in [3.05, 3.63) is 17.5 Å². The Hall–Kier alpha value is -1.32. The monoisotopic (exact) mass is 317 g/mol. The number of hydrogen-bond donors (Lipinski definition) is 0. The Morgan fingerprint density at radius 3 is 2.00 bits per heavy atom. The summed E-state index contributed by atoms with van der Waals surface area (Å²) in [6.45, 7) is 4.44. The van der Waals surface area contributed by atoms with Gasteiger partial charge in [-0.1, -0.05) is 38.5 Å². The van der Waals surface area contributed by atoms with Crippen molar-refractivity contribution in [2.75, 3.05) is 0 Å². The standard InChI is InChI=1S/C19H31N3O/c1-15-13-16(2)21(20-15)14-19(23)22(17-9-5-3-6-10-17)18-11-7-4-8-12-18/h13,17-18H,3-12,14H2,1-2H3. The third kappa shape index (κ3) is 3.96. The molecule has 0 N–H and O–H groups in total. The van der Waals surface area contributed by atoms with Crippen LogP contribution in [0.1, 0.15) is 75.6 Å². The smallest absolute Gasteiger partial charge is 0.244 e. The predicted octanol–water partition coefficient (Wildman–Crippen LogP) is 3.99. The molecule has 0 spiro atoms. The van der Waals surface area contributed by atoms with Crippen molar-refractivity contribution < 1.29 is 4.79 Å². The molecule has 0 radical (unpaired) electrons. The molecule has 2 aliphatic carbocycles. The fourth-order valence-electron chi connectivity index (χ4n) is 4.47. The number of carbonyl (C=O) groups is 1. The van der Waals surface area contributed by atoms with Gasteiger partial charge in [-0.05, 0) is 45.6 Å². The van der Waals surface area contributed by atoms with Crippen LogP contribution in [0, 0.1) is 13.8 Å². The Kier molecular flexibility index (Phi) is 5.39. The Labute approximate surface area is 140 Å². The van der Waals surface area contributed by atoms with Crippen molar-refractivity contribution >= 4 is 5.91 Å². The average molecular weight is 317 g/mol. The molecule has 0 aliphatic heterocycles. The van der Waals surface area contributed by atoms with Gasteiger partial charge in [-0.15, -0.1) is 0 Å². The maximum atomic E-state index is 13.1. The van der Waals surface area contributed by atoms with Crippen molar-refractivity contribution in [1.29, 1.82) is 0 Å². The first-order valence-electron chi connectivity index (χ1n) is 9.47. The summed E-state index contributed by atoms with van der Waals surface area (Å²) in [5.74, 6) is 0.287. The van der Waals surface area contributed by atoms with Crippen molar-refractivity contribution in [1.82, 2.24) is 14.7 Å². The molecule has 1 heterocycles. The fourth-order valence-corrected chi connectivity index (χ4v) is 4.47. The van der Waals surface area contributed by atoms with Crippen LogP contribution in [0.25, 0.3) is 0 Å². The molecule has 128 valence electrons. The van der Waals surface area contributed by atoms with Crippen LogP contribution < -0.4 is 0 Å². The summed E-state index contributed by atoms with van der Waals surface area (Å²) in [5, 5.41) is 4.49. The molecule has 0 aromatic carbocycles. The summed E-state index contributed by atoms with van der Waals surface area (Å²) in [6.07, 6.45) is 12.6. The van der Waals surface area contributed by atoms with E-state index in [-0.39, 0.29) is 5.91 Å². The van der Waals surface area contributed by atoms with Gasteiger partial charge in [0, 0.05) is 17.8 Å². The highest BCUT2D eigenvalue weighted by Crippen LogP contribution is 2.30. The van der Waals surface area contributed by atoms with E-state index in [0.29, 0.717) is 18.6 Å². The van der Waals surface area contributed by atoms with Crippen molar-refractivity contribution in [3.8, 4) is 0 Å². The Morgan fingerprint density at radius 2 is 1.57 bits per heavy atom. The van der Waals surface area contributed by atoms with Gasteiger partial charge in [-0.25, -0.2) is 0 Å². The normalized spacial score (nSPS) is 20.6. The highest BCUT2D eigenvalue weighted by Gasteiger charge is 2.32. The Morgan fingerprint density at radius 1 is 1.04 bits per heavy atom. The molecule has 0 bridgehead atoms. The van der Waals surface area contributed by atoms with Crippen LogP contribution in [0.15, 0.2) is 6.07 Å². The molecule has 1 amide bonds. The average Bonchev–Trinajstić information content (AvgIpc) is 2.87. The number of nitrogens with zero attached hydrogens (tertiary/aromatic N) is 3. The van der Waals surface area contributed by atoms with Crippen LogP contribution in [-0.4, -0.2) is 32.7 Å². The van der Waals surface area contributed by atoms with Crippen LogP contribution >= 0.6 is 0 Å². The van der Waals surface area contributed by atoms with E-state index >= 15 is 0 Å². The van der Waals surface area contributed by atoms with Crippen LogP contribution in [0.2, 0.25) is 0 Å². The first-order valence-corrected chi connectivity index (χ1v) is 9.47. The van der Waals surface area contributed by atoms with Gasteiger partial charge in [0.15, 0.2) is 0 Å². The molecule has 0 saturated heterocycles. The molecule has 3 rings (SSSR count). The second kappa shape index (κ2) is 7.50. The van der Waals surface area contributed by atoms with Gasteiger partial charge in [0.25, 0.3) is 0 Å². The fraction of sp³-hybridized carbons (Fsp3) is 0.789. The van der Waals surface area contributed by atoms with E-state index in [2.05, 4.69) is 16.1 Å². The van der Waals surface area contributed by atoms with Gasteiger partial charge in [0.1, 0.15) is 6.54 Å². The minimum Gasteiger partial charge on any atom is -0.335 e. The lowest BCUT2D eigenvalue weighted by Crippen LogP contribution is -2.50. The zero-order valence-corrected chi connectivity index (χ0v) is 14.8. The Bertz CT molecular complexity index is 507. The second-order valence-electron chi connectivity index (χ2n) is 7.47. The minimum atomic E-state index is 0.287.